The van der Waals surface area contributed by atoms with Gasteiger partial charge in [-0.25, -0.2) is 4.52 Å². The van der Waals surface area contributed by atoms with Gasteiger partial charge in [-0.2, -0.15) is 5.10 Å². The third-order valence-corrected chi connectivity index (χ3v) is 9.39. The Morgan fingerprint density at radius 1 is 1.19 bits per heavy atom. The van der Waals surface area contributed by atoms with Gasteiger partial charge in [-0.3, -0.25) is 14.7 Å². The van der Waals surface area contributed by atoms with Crippen LogP contribution in [0, 0.1) is 12.8 Å². The second-order valence-corrected chi connectivity index (χ2v) is 12.3. The molecule has 0 spiro atoms. The Morgan fingerprint density at radius 3 is 2.68 bits per heavy atom. The lowest BCUT2D eigenvalue weighted by atomic mass is 9.87. The number of amides is 1. The first-order valence-corrected chi connectivity index (χ1v) is 14.5. The molecule has 2 unspecified atom stereocenters. The molecule has 0 radical (unpaired) electrons. The number of carbonyl (C=O) groups excluding carboxylic acids is 1. The molecule has 6 rings (SSSR count). The molecule has 2 aromatic heterocycles. The van der Waals surface area contributed by atoms with E-state index in [1.165, 1.54) is 5.57 Å². The van der Waals surface area contributed by atoms with Crippen LogP contribution in [0.25, 0.3) is 10.8 Å². The Bertz CT molecular complexity index is 1290. The van der Waals surface area contributed by atoms with E-state index in [0.29, 0.717) is 20.5 Å². The predicted octanol–water partition coefficient (Wildman–Crippen LogP) is 4.11. The highest BCUT2D eigenvalue weighted by Gasteiger charge is 2.35. The van der Waals surface area contributed by atoms with Crippen LogP contribution in [0.1, 0.15) is 50.7 Å². The van der Waals surface area contributed by atoms with Crippen molar-refractivity contribution in [1.82, 2.24) is 24.4 Å². The van der Waals surface area contributed by atoms with Crippen LogP contribution in [0.5, 0.6) is 0 Å². The summed E-state index contributed by atoms with van der Waals surface area (Å²) in [4.78, 5) is 22.3. The number of aryl methyl sites for hydroxylation is 2. The molecule has 0 N–H and O–H groups in total. The molecule has 4 aliphatic rings. The molecule has 196 valence electrons. The van der Waals surface area contributed by atoms with Gasteiger partial charge >= 0.3 is 0 Å². The number of nitrogens with zero attached hydrogens (tertiary/aromatic N) is 5. The number of aromatic nitrogens is 3. The molecule has 0 aromatic carbocycles. The van der Waals surface area contributed by atoms with Gasteiger partial charge in [-0.15, -0.1) is 0 Å². The standard InChI is InChI=1S/C28H36N5O3P/c1-5-22-24-12-23(30-33(24)14-18(2)29-22)25-13-26(34)32-15-20(6-7-27(32)37-25)19-8-10-31(11-9-19)21-16-35-28(3,4)36-17-21/h6-7,12-15,19,21,27,37H,5,8-11,16-17H2,1-4H3. The van der Waals surface area contributed by atoms with Crippen molar-refractivity contribution in [2.75, 3.05) is 26.3 Å². The summed E-state index contributed by atoms with van der Waals surface area (Å²) in [5.74, 6) is 0.100. The van der Waals surface area contributed by atoms with Crippen LogP contribution in [0.2, 0.25) is 0 Å². The molecule has 0 aliphatic carbocycles. The summed E-state index contributed by atoms with van der Waals surface area (Å²) in [6, 6.07) is 2.41. The lowest BCUT2D eigenvalue weighted by molar-refractivity contribution is -0.264. The quantitative estimate of drug-likeness (QED) is 0.564. The van der Waals surface area contributed by atoms with Gasteiger partial charge in [0.15, 0.2) is 5.79 Å². The van der Waals surface area contributed by atoms with E-state index in [4.69, 9.17) is 14.6 Å². The summed E-state index contributed by atoms with van der Waals surface area (Å²) in [6.07, 6.45) is 13.3. The molecule has 9 heteroatoms. The number of piperidine rings is 1. The second kappa shape index (κ2) is 9.73. The van der Waals surface area contributed by atoms with E-state index in [2.05, 4.69) is 41.2 Å². The average molecular weight is 522 g/mol. The van der Waals surface area contributed by atoms with Gasteiger partial charge in [0.2, 0.25) is 0 Å². The number of carbonyl (C=O) groups is 1. The second-order valence-electron chi connectivity index (χ2n) is 10.9. The fraction of sp³-hybridized carbons (Fsp3) is 0.536. The maximum atomic E-state index is 13.2. The van der Waals surface area contributed by atoms with Crippen LogP contribution in [-0.4, -0.2) is 74.2 Å². The fourth-order valence-electron chi connectivity index (χ4n) is 5.75. The molecule has 37 heavy (non-hydrogen) atoms. The number of fused-ring (bicyclic) bond motifs is 2. The molecule has 1 amide bonds. The average Bonchev–Trinajstić information content (AvgIpc) is 3.32. The molecule has 2 aromatic rings. The number of rotatable bonds is 4. The smallest absolute Gasteiger partial charge is 0.252 e. The highest BCUT2D eigenvalue weighted by atomic mass is 31.1. The van der Waals surface area contributed by atoms with Gasteiger partial charge in [-0.05, 0) is 70.7 Å². The highest BCUT2D eigenvalue weighted by Crippen LogP contribution is 2.45. The summed E-state index contributed by atoms with van der Waals surface area (Å²) < 4.78 is 13.7. The lowest BCUT2D eigenvalue weighted by Crippen LogP contribution is -2.52. The first kappa shape index (κ1) is 24.9. The molecule has 8 nitrogen and oxygen atoms in total. The third kappa shape index (κ3) is 4.92. The summed E-state index contributed by atoms with van der Waals surface area (Å²) in [5.41, 5.74) is 5.15. The molecular weight excluding hydrogens is 485 g/mol. The molecule has 4 aliphatic heterocycles. The molecular formula is C28H36N5O3P. The fourth-order valence-corrected chi connectivity index (χ4v) is 7.08. The number of allylic oxidation sites excluding steroid dienone is 2. The minimum atomic E-state index is -0.473. The van der Waals surface area contributed by atoms with Gasteiger partial charge < -0.3 is 14.4 Å². The normalized spacial score (nSPS) is 26.0. The van der Waals surface area contributed by atoms with Crippen molar-refractivity contribution in [3.8, 4) is 0 Å². The zero-order chi connectivity index (χ0) is 25.7. The summed E-state index contributed by atoms with van der Waals surface area (Å²) in [6.45, 7) is 11.5. The SMILES string of the molecule is CCc1nc(C)cn2nc(C3=CC(=O)N4C=C(C5CCN(C6COC(C)(C)OC6)CC5)C=CC4P3)cc12. The Labute approximate surface area is 220 Å². The van der Waals surface area contributed by atoms with Crippen LogP contribution in [0.15, 0.2) is 42.3 Å². The van der Waals surface area contributed by atoms with Gasteiger partial charge in [0.1, 0.15) is 0 Å². The monoisotopic (exact) mass is 521 g/mol. The first-order valence-electron chi connectivity index (χ1n) is 13.4. The van der Waals surface area contributed by atoms with Crippen molar-refractivity contribution in [3.63, 3.8) is 0 Å². The Hall–Kier alpha value is -2.38. The predicted molar refractivity (Wildman–Crippen MR) is 145 cm³/mol. The van der Waals surface area contributed by atoms with E-state index in [1.54, 1.807) is 6.08 Å². The van der Waals surface area contributed by atoms with Crippen LogP contribution in [-0.2, 0) is 20.7 Å². The van der Waals surface area contributed by atoms with Crippen LogP contribution >= 0.6 is 8.58 Å². The van der Waals surface area contributed by atoms with Crippen molar-refractivity contribution < 1.29 is 14.3 Å². The van der Waals surface area contributed by atoms with Gasteiger partial charge in [-0.1, -0.05) is 27.7 Å². The van der Waals surface area contributed by atoms with Crippen LogP contribution < -0.4 is 0 Å². The maximum absolute atomic E-state index is 13.2. The van der Waals surface area contributed by atoms with Gasteiger partial charge in [0, 0.05) is 17.6 Å². The Kier molecular flexibility index (Phi) is 6.56. The summed E-state index contributed by atoms with van der Waals surface area (Å²) in [7, 11) is 0.460. The van der Waals surface area contributed by atoms with Crippen LogP contribution in [0.4, 0.5) is 0 Å². The van der Waals surface area contributed by atoms with E-state index in [1.807, 2.05) is 36.4 Å². The Balaban J connectivity index is 1.13. The number of hydrogen-bond donors (Lipinski definition) is 0. The number of likely N-dealkylation sites (tertiary alicyclic amines) is 1. The van der Waals surface area contributed by atoms with Crippen LogP contribution in [0.3, 0.4) is 0 Å². The van der Waals surface area contributed by atoms with Crippen molar-refractivity contribution >= 4 is 25.3 Å². The van der Waals surface area contributed by atoms with E-state index in [0.717, 1.165) is 73.5 Å². The Morgan fingerprint density at radius 2 is 1.95 bits per heavy atom. The summed E-state index contributed by atoms with van der Waals surface area (Å²) >= 11 is 0. The van der Waals surface area contributed by atoms with Crippen molar-refractivity contribution in [2.24, 2.45) is 5.92 Å². The number of ether oxygens (including phenoxy) is 2. The highest BCUT2D eigenvalue weighted by molar-refractivity contribution is 7.51. The van der Waals surface area contributed by atoms with Crippen molar-refractivity contribution in [1.29, 1.82) is 0 Å². The van der Waals surface area contributed by atoms with E-state index < -0.39 is 5.79 Å². The maximum Gasteiger partial charge on any atom is 0.252 e. The topological polar surface area (TPSA) is 72.2 Å². The minimum absolute atomic E-state index is 0.0410. The molecule has 2 atom stereocenters. The van der Waals surface area contributed by atoms with Crippen molar-refractivity contribution in [2.45, 2.75) is 64.6 Å². The number of hydrogen-bond acceptors (Lipinski definition) is 6. The molecule has 0 saturated carbocycles. The van der Waals surface area contributed by atoms with E-state index >= 15 is 0 Å². The van der Waals surface area contributed by atoms with E-state index in [9.17, 15) is 4.79 Å². The third-order valence-electron chi connectivity index (χ3n) is 7.91. The largest absolute Gasteiger partial charge is 0.349 e. The molecule has 2 fully saturated rings. The molecule has 0 bridgehead atoms. The minimum Gasteiger partial charge on any atom is -0.349 e. The van der Waals surface area contributed by atoms with Crippen molar-refractivity contribution in [3.05, 3.63) is 59.3 Å². The first-order chi connectivity index (χ1) is 17.8. The lowest BCUT2D eigenvalue weighted by Gasteiger charge is -2.43. The zero-order valence-corrected chi connectivity index (χ0v) is 23.1. The van der Waals surface area contributed by atoms with Gasteiger partial charge in [0.25, 0.3) is 5.91 Å². The summed E-state index contributed by atoms with van der Waals surface area (Å²) in [5, 5.41) is 5.82. The van der Waals surface area contributed by atoms with Gasteiger partial charge in [0.05, 0.1) is 53.8 Å². The molecule has 2 saturated heterocycles. The van der Waals surface area contributed by atoms with E-state index in [-0.39, 0.29) is 11.7 Å². The zero-order valence-electron chi connectivity index (χ0n) is 22.1. The molecule has 6 heterocycles.